The van der Waals surface area contributed by atoms with Crippen LogP contribution >= 0.6 is 0 Å². The largest absolute Gasteiger partial charge is 0.369 e. The summed E-state index contributed by atoms with van der Waals surface area (Å²) in [5, 5.41) is 16.3. The van der Waals surface area contributed by atoms with Gasteiger partial charge in [0.2, 0.25) is 11.9 Å². The Kier molecular flexibility index (Phi) is 7.92. The molecule has 3 aromatic rings. The number of carbonyl (C=O) groups is 1. The average Bonchev–Trinajstić information content (AvgIpc) is 2.89. The van der Waals surface area contributed by atoms with E-state index in [1.807, 2.05) is 43.3 Å². The minimum Gasteiger partial charge on any atom is -0.369 e. The molecule has 0 radical (unpaired) electrons. The number of carbonyl (C=O) groups excluding carboxylic acids is 1. The lowest BCUT2D eigenvalue weighted by Crippen LogP contribution is -2.48. The van der Waals surface area contributed by atoms with Crippen LogP contribution in [0.3, 0.4) is 0 Å². The summed E-state index contributed by atoms with van der Waals surface area (Å²) in [6, 6.07) is 13.1. The number of nitriles is 1. The predicted octanol–water partition coefficient (Wildman–Crippen LogP) is 2.97. The highest BCUT2D eigenvalue weighted by Crippen LogP contribution is 2.31. The van der Waals surface area contributed by atoms with Crippen molar-refractivity contribution in [1.82, 2.24) is 19.9 Å². The van der Waals surface area contributed by atoms with Gasteiger partial charge in [0.1, 0.15) is 17.9 Å². The molecule has 1 aromatic carbocycles. The molecule has 10 nitrogen and oxygen atoms in total. The quantitative estimate of drug-likeness (QED) is 0.418. The standard InChI is InChI=1S/C26H31N9O/c1-34(2)14-12-29-24-9-7-20(17-31-24)32-26-30-11-10-21(33-26)18-6-8-22(19(15-18)16-27)35-13-4-3-5-23(35)25(28)36/h6-11,15,17,23H,3-5,12-14H2,1-2H3,(H2,28,36)(H,29,31)(H,30,32,33). The normalized spacial score (nSPS) is 15.4. The van der Waals surface area contributed by atoms with Crippen molar-refractivity contribution in [2.24, 2.45) is 5.73 Å². The number of nitrogens with one attached hydrogen (secondary N) is 2. The zero-order chi connectivity index (χ0) is 25.5. The summed E-state index contributed by atoms with van der Waals surface area (Å²) in [4.78, 5) is 29.4. The Morgan fingerprint density at radius 3 is 2.81 bits per heavy atom. The Hall–Kier alpha value is -4.23. The van der Waals surface area contributed by atoms with Gasteiger partial charge in [0, 0.05) is 31.4 Å². The van der Waals surface area contributed by atoms with Gasteiger partial charge in [-0.25, -0.2) is 15.0 Å². The number of hydrogen-bond acceptors (Lipinski definition) is 9. The number of hydrogen-bond donors (Lipinski definition) is 3. The van der Waals surface area contributed by atoms with E-state index in [9.17, 15) is 10.1 Å². The van der Waals surface area contributed by atoms with Gasteiger partial charge in [0.25, 0.3) is 0 Å². The molecule has 4 N–H and O–H groups in total. The fourth-order valence-electron chi connectivity index (χ4n) is 4.24. The van der Waals surface area contributed by atoms with Gasteiger partial charge in [0.15, 0.2) is 0 Å². The zero-order valence-electron chi connectivity index (χ0n) is 20.6. The summed E-state index contributed by atoms with van der Waals surface area (Å²) in [6.07, 6.45) is 6.00. The first kappa shape index (κ1) is 24.9. The molecule has 1 fully saturated rings. The third kappa shape index (κ3) is 6.06. The second-order valence-electron chi connectivity index (χ2n) is 9.00. The molecule has 2 aromatic heterocycles. The molecule has 0 saturated carbocycles. The highest BCUT2D eigenvalue weighted by Gasteiger charge is 2.28. The summed E-state index contributed by atoms with van der Waals surface area (Å²) in [5.74, 6) is 0.865. The van der Waals surface area contributed by atoms with Crippen LogP contribution in [0.25, 0.3) is 11.3 Å². The Labute approximate surface area is 211 Å². The van der Waals surface area contributed by atoms with E-state index in [2.05, 4.69) is 36.6 Å². The number of nitrogens with two attached hydrogens (primary N) is 1. The van der Waals surface area contributed by atoms with Crippen LogP contribution in [0.5, 0.6) is 0 Å². The number of pyridine rings is 1. The number of rotatable bonds is 9. The van der Waals surface area contributed by atoms with E-state index < -0.39 is 6.04 Å². The maximum Gasteiger partial charge on any atom is 0.240 e. The fraction of sp³-hybridized carbons (Fsp3) is 0.346. The first-order chi connectivity index (χ1) is 17.4. The van der Waals surface area contributed by atoms with Crippen LogP contribution in [-0.4, -0.2) is 65.5 Å². The van der Waals surface area contributed by atoms with Crippen LogP contribution in [0, 0.1) is 11.3 Å². The van der Waals surface area contributed by atoms with E-state index in [1.165, 1.54) is 0 Å². The predicted molar refractivity (Wildman–Crippen MR) is 141 cm³/mol. The molecule has 186 valence electrons. The van der Waals surface area contributed by atoms with Gasteiger partial charge in [-0.3, -0.25) is 4.79 Å². The van der Waals surface area contributed by atoms with Gasteiger partial charge in [-0.05, 0) is 63.7 Å². The minimum atomic E-state index is -0.394. The zero-order valence-corrected chi connectivity index (χ0v) is 20.6. The number of nitrogens with zero attached hydrogens (tertiary/aromatic N) is 6. The van der Waals surface area contributed by atoms with E-state index in [-0.39, 0.29) is 5.91 Å². The summed E-state index contributed by atoms with van der Waals surface area (Å²) in [5.41, 5.74) is 9.06. The van der Waals surface area contributed by atoms with Crippen molar-refractivity contribution in [3.63, 3.8) is 0 Å². The molecule has 1 amide bonds. The van der Waals surface area contributed by atoms with Gasteiger partial charge < -0.3 is 26.2 Å². The first-order valence-corrected chi connectivity index (χ1v) is 12.0. The number of likely N-dealkylation sites (N-methyl/N-ethyl adjacent to an activating group) is 1. The van der Waals surface area contributed by atoms with Crippen LogP contribution in [0.4, 0.5) is 23.1 Å². The third-order valence-electron chi connectivity index (χ3n) is 6.09. The van der Waals surface area contributed by atoms with Crippen molar-refractivity contribution in [2.75, 3.05) is 49.3 Å². The molecule has 36 heavy (non-hydrogen) atoms. The molecule has 1 saturated heterocycles. The molecular formula is C26H31N9O. The summed E-state index contributed by atoms with van der Waals surface area (Å²) in [7, 11) is 4.06. The third-order valence-corrected chi connectivity index (χ3v) is 6.09. The SMILES string of the molecule is CN(C)CCNc1ccc(Nc2nccc(-c3ccc(N4CCCCC4C(N)=O)c(C#N)c3)n2)cn1. The maximum absolute atomic E-state index is 12.0. The van der Waals surface area contributed by atoms with Crippen molar-refractivity contribution in [3.05, 3.63) is 54.4 Å². The van der Waals surface area contributed by atoms with Crippen LogP contribution in [0.1, 0.15) is 24.8 Å². The number of primary amides is 1. The van der Waals surface area contributed by atoms with Crippen LogP contribution in [-0.2, 0) is 4.79 Å². The van der Waals surface area contributed by atoms with Gasteiger partial charge in [-0.2, -0.15) is 5.26 Å². The number of anilines is 4. The summed E-state index contributed by atoms with van der Waals surface area (Å²) < 4.78 is 0. The monoisotopic (exact) mass is 485 g/mol. The van der Waals surface area contributed by atoms with Crippen molar-refractivity contribution in [1.29, 1.82) is 5.26 Å². The first-order valence-electron chi connectivity index (χ1n) is 12.0. The van der Waals surface area contributed by atoms with E-state index in [1.54, 1.807) is 24.5 Å². The van der Waals surface area contributed by atoms with Crippen molar-refractivity contribution in [3.8, 4) is 17.3 Å². The van der Waals surface area contributed by atoms with Gasteiger partial charge in [0.05, 0.1) is 28.8 Å². The molecular weight excluding hydrogens is 454 g/mol. The lowest BCUT2D eigenvalue weighted by atomic mass is 9.98. The molecule has 1 atom stereocenters. The highest BCUT2D eigenvalue weighted by molar-refractivity contribution is 5.85. The second-order valence-corrected chi connectivity index (χ2v) is 9.00. The number of piperidine rings is 1. The average molecular weight is 486 g/mol. The van der Waals surface area contributed by atoms with Gasteiger partial charge in [-0.1, -0.05) is 6.07 Å². The molecule has 4 rings (SSSR count). The lowest BCUT2D eigenvalue weighted by molar-refractivity contribution is -0.119. The topological polar surface area (TPSA) is 136 Å². The van der Waals surface area contributed by atoms with Crippen LogP contribution in [0.2, 0.25) is 0 Å². The summed E-state index contributed by atoms with van der Waals surface area (Å²) in [6.45, 7) is 2.42. The lowest BCUT2D eigenvalue weighted by Gasteiger charge is -2.36. The molecule has 3 heterocycles. The minimum absolute atomic E-state index is 0.360. The van der Waals surface area contributed by atoms with E-state index in [0.29, 0.717) is 30.2 Å². The van der Waals surface area contributed by atoms with E-state index in [0.717, 1.165) is 48.7 Å². The molecule has 0 aliphatic carbocycles. The number of benzene rings is 1. The van der Waals surface area contributed by atoms with Gasteiger partial charge in [-0.15, -0.1) is 0 Å². The molecule has 0 spiro atoms. The second kappa shape index (κ2) is 11.5. The van der Waals surface area contributed by atoms with Crippen LogP contribution < -0.4 is 21.3 Å². The molecule has 10 heteroatoms. The fourth-order valence-corrected chi connectivity index (χ4v) is 4.24. The summed E-state index contributed by atoms with van der Waals surface area (Å²) >= 11 is 0. The Morgan fingerprint density at radius 2 is 2.08 bits per heavy atom. The smallest absolute Gasteiger partial charge is 0.240 e. The Bertz CT molecular complexity index is 1240. The van der Waals surface area contributed by atoms with Crippen LogP contribution in [0.15, 0.2) is 48.8 Å². The maximum atomic E-state index is 12.0. The molecule has 1 aliphatic heterocycles. The Balaban J connectivity index is 1.50. The van der Waals surface area contributed by atoms with E-state index in [4.69, 9.17) is 5.73 Å². The van der Waals surface area contributed by atoms with E-state index >= 15 is 0 Å². The van der Waals surface area contributed by atoms with Crippen molar-refractivity contribution < 1.29 is 4.79 Å². The van der Waals surface area contributed by atoms with Gasteiger partial charge >= 0.3 is 0 Å². The number of aromatic nitrogens is 3. The molecule has 0 bridgehead atoms. The highest BCUT2D eigenvalue weighted by atomic mass is 16.1. The van der Waals surface area contributed by atoms with Crippen molar-refractivity contribution in [2.45, 2.75) is 25.3 Å². The molecule has 1 aliphatic rings. The molecule has 1 unspecified atom stereocenters. The van der Waals surface area contributed by atoms with Crippen molar-refractivity contribution >= 4 is 29.0 Å². The number of amides is 1. The Morgan fingerprint density at radius 1 is 1.22 bits per heavy atom.